The molecule has 1 aliphatic carbocycles. The lowest BCUT2D eigenvalue weighted by atomic mass is 9.98. The molecule has 0 fully saturated rings. The van der Waals surface area contributed by atoms with E-state index in [0.29, 0.717) is 12.0 Å². The number of hydrogen-bond acceptors (Lipinski definition) is 2. The minimum Gasteiger partial charge on any atom is -0.323 e. The highest BCUT2D eigenvalue weighted by atomic mass is 32.1. The average Bonchev–Trinajstić information content (AvgIpc) is 2.85. The van der Waals surface area contributed by atoms with Crippen LogP contribution in [-0.2, 0) is 19.3 Å². The van der Waals surface area contributed by atoms with Crippen molar-refractivity contribution in [2.24, 2.45) is 5.73 Å². The molecule has 1 aliphatic rings. The highest BCUT2D eigenvalue weighted by Gasteiger charge is 2.17. The van der Waals surface area contributed by atoms with E-state index in [9.17, 15) is 4.39 Å². The third-order valence-corrected chi connectivity index (χ3v) is 5.15. The Balaban J connectivity index is 1.79. The third kappa shape index (κ3) is 2.72. The summed E-state index contributed by atoms with van der Waals surface area (Å²) in [5, 5.41) is 0. The van der Waals surface area contributed by atoms with Crippen LogP contribution >= 0.6 is 11.3 Å². The number of halogens is 1. The van der Waals surface area contributed by atoms with Gasteiger partial charge >= 0.3 is 0 Å². The summed E-state index contributed by atoms with van der Waals surface area (Å²) in [7, 11) is 0. The molecule has 0 aliphatic heterocycles. The van der Waals surface area contributed by atoms with Crippen molar-refractivity contribution in [2.75, 3.05) is 0 Å². The van der Waals surface area contributed by atoms with Gasteiger partial charge in [0.05, 0.1) is 0 Å². The molecule has 19 heavy (non-hydrogen) atoms. The van der Waals surface area contributed by atoms with E-state index < -0.39 is 0 Å². The van der Waals surface area contributed by atoms with Gasteiger partial charge in [0.25, 0.3) is 0 Å². The fraction of sp³-hybridized carbons (Fsp3) is 0.375. The summed E-state index contributed by atoms with van der Waals surface area (Å²) in [6.45, 7) is 0. The topological polar surface area (TPSA) is 26.0 Å². The maximum absolute atomic E-state index is 13.6. The van der Waals surface area contributed by atoms with Crippen LogP contribution in [0.25, 0.3) is 0 Å². The Bertz CT molecular complexity index is 552. The van der Waals surface area contributed by atoms with Gasteiger partial charge in [0.2, 0.25) is 0 Å². The molecule has 0 saturated heterocycles. The summed E-state index contributed by atoms with van der Waals surface area (Å²) in [6.07, 6.45) is 5.51. The monoisotopic (exact) mass is 275 g/mol. The molecule has 0 spiro atoms. The lowest BCUT2D eigenvalue weighted by Crippen LogP contribution is -2.12. The van der Waals surface area contributed by atoms with Gasteiger partial charge in [-0.2, -0.15) is 0 Å². The lowest BCUT2D eigenvalue weighted by molar-refractivity contribution is 0.595. The molecule has 1 heterocycles. The van der Waals surface area contributed by atoms with Crippen LogP contribution in [0.1, 0.15) is 39.8 Å². The van der Waals surface area contributed by atoms with Crippen molar-refractivity contribution >= 4 is 11.3 Å². The zero-order chi connectivity index (χ0) is 13.2. The number of hydrogen-bond donors (Lipinski definition) is 1. The first kappa shape index (κ1) is 12.8. The summed E-state index contributed by atoms with van der Waals surface area (Å²) in [5.41, 5.74) is 8.43. The number of nitrogens with two attached hydrogens (primary N) is 1. The van der Waals surface area contributed by atoms with E-state index >= 15 is 0 Å². The summed E-state index contributed by atoms with van der Waals surface area (Å²) in [6, 6.07) is 9.06. The van der Waals surface area contributed by atoms with Crippen molar-refractivity contribution in [2.45, 2.75) is 38.1 Å². The van der Waals surface area contributed by atoms with Gasteiger partial charge in [-0.05, 0) is 55.4 Å². The molecule has 0 amide bonds. The van der Waals surface area contributed by atoms with Crippen molar-refractivity contribution in [1.82, 2.24) is 0 Å². The number of aryl methyl sites for hydroxylation is 2. The number of thiophene rings is 1. The second-order valence-electron chi connectivity index (χ2n) is 5.21. The number of benzene rings is 1. The number of rotatable bonds is 3. The first-order valence-electron chi connectivity index (χ1n) is 6.84. The van der Waals surface area contributed by atoms with Crippen molar-refractivity contribution in [3.63, 3.8) is 0 Å². The van der Waals surface area contributed by atoms with E-state index in [-0.39, 0.29) is 11.9 Å². The van der Waals surface area contributed by atoms with Gasteiger partial charge in [0, 0.05) is 15.8 Å². The number of fused-ring (bicyclic) bond motifs is 1. The fourth-order valence-electron chi connectivity index (χ4n) is 2.70. The van der Waals surface area contributed by atoms with Crippen molar-refractivity contribution in [3.8, 4) is 0 Å². The largest absolute Gasteiger partial charge is 0.323 e. The van der Waals surface area contributed by atoms with Gasteiger partial charge in [-0.1, -0.05) is 18.2 Å². The van der Waals surface area contributed by atoms with Gasteiger partial charge in [-0.15, -0.1) is 11.3 Å². The molecule has 0 saturated carbocycles. The zero-order valence-corrected chi connectivity index (χ0v) is 11.7. The molecule has 2 aromatic rings. The summed E-state index contributed by atoms with van der Waals surface area (Å²) in [5.74, 6) is -0.153. The van der Waals surface area contributed by atoms with Crippen molar-refractivity contribution < 1.29 is 4.39 Å². The van der Waals surface area contributed by atoms with Crippen LogP contribution in [0.4, 0.5) is 4.39 Å². The van der Waals surface area contributed by atoms with Crippen LogP contribution in [0.15, 0.2) is 30.3 Å². The fourth-order valence-corrected chi connectivity index (χ4v) is 3.96. The Labute approximate surface area is 117 Å². The van der Waals surface area contributed by atoms with E-state index in [0.717, 1.165) is 0 Å². The Hall–Kier alpha value is -1.19. The Morgan fingerprint density at radius 1 is 1.21 bits per heavy atom. The van der Waals surface area contributed by atoms with Crippen LogP contribution in [-0.4, -0.2) is 0 Å². The van der Waals surface area contributed by atoms with E-state index in [4.69, 9.17) is 5.73 Å². The van der Waals surface area contributed by atoms with Crippen molar-refractivity contribution in [3.05, 3.63) is 57.0 Å². The van der Waals surface area contributed by atoms with Gasteiger partial charge in [0.1, 0.15) is 5.82 Å². The molecule has 1 nitrogen and oxygen atoms in total. The van der Waals surface area contributed by atoms with E-state index in [1.807, 2.05) is 23.5 Å². The molecule has 1 atom stereocenters. The first-order chi connectivity index (χ1) is 9.24. The standard InChI is InChI=1S/C16H18FNS/c17-13-7-3-1-5-11(13)9-14(18)16-10-12-6-2-4-8-15(12)19-16/h1,3,5,7,10,14H,2,4,6,8-9,18H2. The normalized spacial score (nSPS) is 16.1. The SMILES string of the molecule is NC(Cc1ccccc1F)c1cc2c(s1)CCCC2. The van der Waals surface area contributed by atoms with Crippen LogP contribution in [0, 0.1) is 5.82 Å². The highest BCUT2D eigenvalue weighted by molar-refractivity contribution is 7.12. The second kappa shape index (κ2) is 5.43. The van der Waals surface area contributed by atoms with Gasteiger partial charge in [-0.25, -0.2) is 4.39 Å². The smallest absolute Gasteiger partial charge is 0.126 e. The molecule has 1 aromatic carbocycles. The second-order valence-corrected chi connectivity index (χ2v) is 6.37. The maximum atomic E-state index is 13.6. The third-order valence-electron chi connectivity index (χ3n) is 3.78. The highest BCUT2D eigenvalue weighted by Crippen LogP contribution is 2.33. The summed E-state index contributed by atoms with van der Waals surface area (Å²) in [4.78, 5) is 2.69. The predicted octanol–water partition coefficient (Wildman–Crippen LogP) is 4.01. The summed E-state index contributed by atoms with van der Waals surface area (Å²) >= 11 is 1.82. The average molecular weight is 275 g/mol. The molecular weight excluding hydrogens is 257 g/mol. The predicted molar refractivity (Wildman–Crippen MR) is 78.0 cm³/mol. The molecule has 0 bridgehead atoms. The molecule has 1 aromatic heterocycles. The maximum Gasteiger partial charge on any atom is 0.126 e. The molecule has 3 heteroatoms. The Morgan fingerprint density at radius 3 is 2.79 bits per heavy atom. The molecular formula is C16H18FNS. The molecule has 100 valence electrons. The first-order valence-corrected chi connectivity index (χ1v) is 7.66. The van der Waals surface area contributed by atoms with Crippen LogP contribution < -0.4 is 5.73 Å². The van der Waals surface area contributed by atoms with E-state index in [1.54, 1.807) is 6.07 Å². The van der Waals surface area contributed by atoms with Crippen molar-refractivity contribution in [1.29, 1.82) is 0 Å². The molecule has 0 radical (unpaired) electrons. The van der Waals surface area contributed by atoms with E-state index in [2.05, 4.69) is 6.07 Å². The van der Waals surface area contributed by atoms with E-state index in [1.165, 1.54) is 47.1 Å². The summed E-state index contributed by atoms with van der Waals surface area (Å²) < 4.78 is 13.6. The Morgan fingerprint density at radius 2 is 2.00 bits per heavy atom. The molecule has 3 rings (SSSR count). The van der Waals surface area contributed by atoms with Crippen LogP contribution in [0.5, 0.6) is 0 Å². The van der Waals surface area contributed by atoms with Crippen LogP contribution in [0.3, 0.4) is 0 Å². The van der Waals surface area contributed by atoms with Gasteiger partial charge in [-0.3, -0.25) is 0 Å². The quantitative estimate of drug-likeness (QED) is 0.900. The minimum absolute atomic E-state index is 0.0903. The van der Waals surface area contributed by atoms with Gasteiger partial charge < -0.3 is 5.73 Å². The zero-order valence-electron chi connectivity index (χ0n) is 10.9. The minimum atomic E-state index is -0.153. The molecule has 2 N–H and O–H groups in total. The van der Waals surface area contributed by atoms with Gasteiger partial charge in [0.15, 0.2) is 0 Å². The van der Waals surface area contributed by atoms with Crippen LogP contribution in [0.2, 0.25) is 0 Å². The lowest BCUT2D eigenvalue weighted by Gasteiger charge is -2.10. The molecule has 1 unspecified atom stereocenters. The Kier molecular flexibility index (Phi) is 3.67.